The van der Waals surface area contributed by atoms with Crippen LogP contribution in [0.25, 0.3) is 0 Å². The summed E-state index contributed by atoms with van der Waals surface area (Å²) >= 11 is 0. The smallest absolute Gasteiger partial charge is 0.406 e. The van der Waals surface area contributed by atoms with Gasteiger partial charge < -0.3 is 15.2 Å². The highest BCUT2D eigenvalue weighted by atomic mass is 16.5. The number of ether oxygens (including phenoxy) is 1. The first-order chi connectivity index (χ1) is 7.13. The molecule has 1 aromatic carbocycles. The van der Waals surface area contributed by atoms with Gasteiger partial charge in [-0.25, -0.2) is 4.79 Å². The van der Waals surface area contributed by atoms with E-state index in [1.807, 2.05) is 19.1 Å². The highest BCUT2D eigenvalue weighted by molar-refractivity contribution is 5.66. The first-order valence-corrected chi connectivity index (χ1v) is 4.74. The molecule has 0 aliphatic carbocycles. The summed E-state index contributed by atoms with van der Waals surface area (Å²) in [6.45, 7) is 2.50. The molecule has 0 aromatic heterocycles. The number of hydrogen-bond acceptors (Lipinski definition) is 3. The molecule has 0 saturated carbocycles. The predicted molar refractivity (Wildman–Crippen MR) is 56.9 cm³/mol. The molecule has 4 nitrogen and oxygen atoms in total. The monoisotopic (exact) mass is 209 g/mol. The number of carbonyl (C=O) groups excluding carboxylic acids is 1. The second-order valence-electron chi connectivity index (χ2n) is 3.37. The maximum absolute atomic E-state index is 10.8. The van der Waals surface area contributed by atoms with Crippen molar-refractivity contribution in [2.75, 3.05) is 13.7 Å². The van der Waals surface area contributed by atoms with Crippen LogP contribution >= 0.6 is 0 Å². The Morgan fingerprint density at radius 1 is 1.47 bits per heavy atom. The van der Waals surface area contributed by atoms with Crippen molar-refractivity contribution in [1.29, 1.82) is 0 Å². The van der Waals surface area contributed by atoms with Crippen molar-refractivity contribution >= 4 is 6.09 Å². The molecule has 0 radical (unpaired) electrons. The number of methoxy groups -OCH3 is 1. The molecule has 1 rings (SSSR count). The zero-order valence-corrected chi connectivity index (χ0v) is 8.86. The number of carbonyl (C=O) groups is 1. The number of phenolic OH excluding ortho intramolecular Hbond substituents is 1. The normalized spacial score (nSPS) is 11.9. The molecule has 0 aliphatic rings. The second kappa shape index (κ2) is 5.24. The first kappa shape index (κ1) is 11.4. The predicted octanol–water partition coefficient (Wildman–Crippen LogP) is 1.85. The highest BCUT2D eigenvalue weighted by Gasteiger charge is 2.07. The van der Waals surface area contributed by atoms with Crippen molar-refractivity contribution in [1.82, 2.24) is 5.32 Å². The standard InChI is InChI=1S/C11H15NO3/c1-8(7-12-11(14)15-2)9-3-5-10(13)6-4-9/h3-6,8,13H,7H2,1-2H3,(H,12,14). The minimum atomic E-state index is -0.430. The number of phenols is 1. The largest absolute Gasteiger partial charge is 0.508 e. The molecular weight excluding hydrogens is 194 g/mol. The average Bonchev–Trinajstić information content (AvgIpc) is 2.26. The van der Waals surface area contributed by atoms with Gasteiger partial charge in [-0.2, -0.15) is 0 Å². The van der Waals surface area contributed by atoms with Crippen molar-refractivity contribution in [3.63, 3.8) is 0 Å². The molecule has 1 atom stereocenters. The van der Waals surface area contributed by atoms with Crippen LogP contribution in [0, 0.1) is 0 Å². The van der Waals surface area contributed by atoms with Crippen LogP contribution in [0.4, 0.5) is 4.79 Å². The van der Waals surface area contributed by atoms with Crippen molar-refractivity contribution in [3.05, 3.63) is 29.8 Å². The number of benzene rings is 1. The molecule has 82 valence electrons. The minimum Gasteiger partial charge on any atom is -0.508 e. The molecule has 15 heavy (non-hydrogen) atoms. The molecule has 1 aromatic rings. The zero-order chi connectivity index (χ0) is 11.3. The van der Waals surface area contributed by atoms with Gasteiger partial charge in [-0.3, -0.25) is 0 Å². The number of hydrogen-bond donors (Lipinski definition) is 2. The van der Waals surface area contributed by atoms with E-state index in [9.17, 15) is 4.79 Å². The fraction of sp³-hybridized carbons (Fsp3) is 0.364. The Morgan fingerprint density at radius 2 is 2.07 bits per heavy atom. The molecule has 0 bridgehead atoms. The summed E-state index contributed by atoms with van der Waals surface area (Å²) in [5.41, 5.74) is 1.06. The first-order valence-electron chi connectivity index (χ1n) is 4.74. The molecule has 0 fully saturated rings. The van der Waals surface area contributed by atoms with Gasteiger partial charge in [0.2, 0.25) is 0 Å². The van der Waals surface area contributed by atoms with Crippen LogP contribution in [0.1, 0.15) is 18.4 Å². The lowest BCUT2D eigenvalue weighted by Crippen LogP contribution is -2.27. The Hall–Kier alpha value is -1.71. The van der Waals surface area contributed by atoms with Gasteiger partial charge in [0.1, 0.15) is 5.75 Å². The Kier molecular flexibility index (Phi) is 3.97. The Morgan fingerprint density at radius 3 is 2.60 bits per heavy atom. The van der Waals surface area contributed by atoms with Crippen LogP contribution in [-0.2, 0) is 4.74 Å². The Balaban J connectivity index is 2.50. The average molecular weight is 209 g/mol. The summed E-state index contributed by atoms with van der Waals surface area (Å²) in [5, 5.41) is 11.7. The van der Waals surface area contributed by atoms with E-state index in [0.29, 0.717) is 6.54 Å². The molecular formula is C11H15NO3. The molecule has 2 N–H and O–H groups in total. The van der Waals surface area contributed by atoms with Crippen LogP contribution in [-0.4, -0.2) is 24.9 Å². The van der Waals surface area contributed by atoms with E-state index < -0.39 is 6.09 Å². The lowest BCUT2D eigenvalue weighted by Gasteiger charge is -2.12. The molecule has 0 saturated heterocycles. The topological polar surface area (TPSA) is 58.6 Å². The molecule has 0 heterocycles. The molecule has 1 amide bonds. The third kappa shape index (κ3) is 3.50. The van der Waals surface area contributed by atoms with Gasteiger partial charge in [-0.05, 0) is 23.6 Å². The van der Waals surface area contributed by atoms with Crippen LogP contribution in [0.5, 0.6) is 5.75 Å². The number of alkyl carbamates (subject to hydrolysis) is 1. The lowest BCUT2D eigenvalue weighted by molar-refractivity contribution is 0.170. The van der Waals surface area contributed by atoms with E-state index in [0.717, 1.165) is 5.56 Å². The van der Waals surface area contributed by atoms with Gasteiger partial charge in [0.15, 0.2) is 0 Å². The summed E-state index contributed by atoms with van der Waals surface area (Å²) in [5.74, 6) is 0.427. The van der Waals surface area contributed by atoms with Gasteiger partial charge in [-0.1, -0.05) is 19.1 Å². The van der Waals surface area contributed by atoms with E-state index in [2.05, 4.69) is 10.1 Å². The molecule has 1 unspecified atom stereocenters. The van der Waals surface area contributed by atoms with Crippen LogP contribution < -0.4 is 5.32 Å². The van der Waals surface area contributed by atoms with Gasteiger partial charge in [0.05, 0.1) is 7.11 Å². The Bertz CT molecular complexity index is 321. The van der Waals surface area contributed by atoms with Crippen LogP contribution in [0.3, 0.4) is 0 Å². The van der Waals surface area contributed by atoms with Crippen molar-refractivity contribution < 1.29 is 14.6 Å². The summed E-state index contributed by atoms with van der Waals surface area (Å²) in [7, 11) is 1.33. The fourth-order valence-electron chi connectivity index (χ4n) is 1.23. The van der Waals surface area contributed by atoms with E-state index in [4.69, 9.17) is 5.11 Å². The van der Waals surface area contributed by atoms with E-state index in [-0.39, 0.29) is 11.7 Å². The molecule has 0 spiro atoms. The van der Waals surface area contributed by atoms with Gasteiger partial charge in [-0.15, -0.1) is 0 Å². The van der Waals surface area contributed by atoms with E-state index >= 15 is 0 Å². The summed E-state index contributed by atoms with van der Waals surface area (Å²) in [6, 6.07) is 6.92. The van der Waals surface area contributed by atoms with Crippen molar-refractivity contribution in [2.45, 2.75) is 12.8 Å². The van der Waals surface area contributed by atoms with Crippen molar-refractivity contribution in [3.8, 4) is 5.75 Å². The van der Waals surface area contributed by atoms with Gasteiger partial charge in [0.25, 0.3) is 0 Å². The summed E-state index contributed by atoms with van der Waals surface area (Å²) in [6.07, 6.45) is -0.430. The maximum Gasteiger partial charge on any atom is 0.406 e. The Labute approximate surface area is 88.9 Å². The van der Waals surface area contributed by atoms with E-state index in [1.54, 1.807) is 12.1 Å². The summed E-state index contributed by atoms with van der Waals surface area (Å²) in [4.78, 5) is 10.8. The fourth-order valence-corrected chi connectivity index (χ4v) is 1.23. The van der Waals surface area contributed by atoms with Crippen LogP contribution in [0.2, 0.25) is 0 Å². The van der Waals surface area contributed by atoms with Gasteiger partial charge in [0, 0.05) is 6.54 Å². The molecule has 0 aliphatic heterocycles. The number of amides is 1. The maximum atomic E-state index is 10.8. The quantitative estimate of drug-likeness (QED) is 0.798. The molecule has 4 heteroatoms. The number of aromatic hydroxyl groups is 1. The second-order valence-corrected chi connectivity index (χ2v) is 3.37. The number of nitrogens with one attached hydrogen (secondary N) is 1. The minimum absolute atomic E-state index is 0.185. The lowest BCUT2D eigenvalue weighted by atomic mass is 10.0. The third-order valence-corrected chi connectivity index (χ3v) is 2.20. The summed E-state index contributed by atoms with van der Waals surface area (Å²) < 4.78 is 4.47. The van der Waals surface area contributed by atoms with E-state index in [1.165, 1.54) is 7.11 Å². The van der Waals surface area contributed by atoms with Crippen LogP contribution in [0.15, 0.2) is 24.3 Å². The third-order valence-electron chi connectivity index (χ3n) is 2.20. The van der Waals surface area contributed by atoms with Crippen molar-refractivity contribution in [2.24, 2.45) is 0 Å². The van der Waals surface area contributed by atoms with Gasteiger partial charge >= 0.3 is 6.09 Å². The zero-order valence-electron chi connectivity index (χ0n) is 8.86. The highest BCUT2D eigenvalue weighted by Crippen LogP contribution is 2.17. The SMILES string of the molecule is COC(=O)NCC(C)c1ccc(O)cc1. The number of rotatable bonds is 3.